The van der Waals surface area contributed by atoms with Crippen molar-refractivity contribution in [1.82, 2.24) is 9.55 Å². The molecule has 1 amide bonds. The Morgan fingerprint density at radius 1 is 1.39 bits per heavy atom. The molecule has 118 valence electrons. The number of rotatable bonds is 3. The molecule has 1 aromatic heterocycles. The van der Waals surface area contributed by atoms with Crippen molar-refractivity contribution in [3.8, 4) is 0 Å². The molecule has 1 spiro atoms. The van der Waals surface area contributed by atoms with Gasteiger partial charge < -0.3 is 9.88 Å². The Morgan fingerprint density at radius 2 is 2.26 bits per heavy atom. The van der Waals surface area contributed by atoms with Gasteiger partial charge in [-0.2, -0.15) is 0 Å². The zero-order valence-electron chi connectivity index (χ0n) is 13.3. The van der Waals surface area contributed by atoms with E-state index < -0.39 is 0 Å². The molecule has 3 atom stereocenters. The number of aryl methyl sites for hydroxylation is 1. The van der Waals surface area contributed by atoms with E-state index in [0.29, 0.717) is 17.3 Å². The van der Waals surface area contributed by atoms with Crippen LogP contribution in [-0.4, -0.2) is 15.5 Å². The molecule has 0 radical (unpaired) electrons. The van der Waals surface area contributed by atoms with Crippen LogP contribution in [0.15, 0.2) is 36.7 Å². The van der Waals surface area contributed by atoms with Crippen molar-refractivity contribution in [2.75, 3.05) is 5.32 Å². The third-order valence-electron chi connectivity index (χ3n) is 6.29. The van der Waals surface area contributed by atoms with Crippen LogP contribution < -0.4 is 5.32 Å². The predicted molar refractivity (Wildman–Crippen MR) is 89.9 cm³/mol. The standard InChI is InChI=1S/C19H21N3O/c1-2-22-11-20-16-10-13(4-6-17(16)22)21-18(23)14-9-12-3-5-15(14)19(12)7-8-19/h3-6,10-12,14-15H,2,7-9H2,1H3,(H,21,23). The minimum atomic E-state index is 0.149. The number of aromatic nitrogens is 2. The maximum Gasteiger partial charge on any atom is 0.228 e. The zero-order chi connectivity index (χ0) is 15.6. The summed E-state index contributed by atoms with van der Waals surface area (Å²) in [5, 5.41) is 3.13. The molecule has 23 heavy (non-hydrogen) atoms. The van der Waals surface area contributed by atoms with Gasteiger partial charge >= 0.3 is 0 Å². The Labute approximate surface area is 135 Å². The highest BCUT2D eigenvalue weighted by Gasteiger charge is 2.63. The van der Waals surface area contributed by atoms with Crippen LogP contribution in [0, 0.1) is 23.2 Å². The van der Waals surface area contributed by atoms with E-state index in [0.717, 1.165) is 29.7 Å². The Balaban J connectivity index is 1.37. The van der Waals surface area contributed by atoms with Crippen molar-refractivity contribution in [2.45, 2.75) is 32.7 Å². The van der Waals surface area contributed by atoms with Crippen LogP contribution >= 0.6 is 0 Å². The summed E-state index contributed by atoms with van der Waals surface area (Å²) in [6, 6.07) is 6.02. The number of carbonyl (C=O) groups excluding carboxylic acids is 1. The molecule has 3 aliphatic carbocycles. The van der Waals surface area contributed by atoms with Crippen molar-refractivity contribution >= 4 is 22.6 Å². The average molecular weight is 307 g/mol. The fraction of sp³-hybridized carbons (Fsp3) is 0.474. The van der Waals surface area contributed by atoms with E-state index in [9.17, 15) is 4.79 Å². The summed E-state index contributed by atoms with van der Waals surface area (Å²) in [6.07, 6.45) is 10.1. The number of nitrogens with one attached hydrogen (secondary N) is 1. The summed E-state index contributed by atoms with van der Waals surface area (Å²) in [4.78, 5) is 17.2. The van der Waals surface area contributed by atoms with Crippen LogP contribution in [-0.2, 0) is 11.3 Å². The quantitative estimate of drug-likeness (QED) is 0.881. The molecule has 3 aliphatic rings. The highest BCUT2D eigenvalue weighted by atomic mass is 16.1. The number of amides is 1. The van der Waals surface area contributed by atoms with Gasteiger partial charge in [0.15, 0.2) is 0 Å². The maximum atomic E-state index is 12.7. The van der Waals surface area contributed by atoms with E-state index in [-0.39, 0.29) is 11.8 Å². The van der Waals surface area contributed by atoms with E-state index in [1.165, 1.54) is 12.8 Å². The zero-order valence-corrected chi connectivity index (χ0v) is 13.3. The number of anilines is 1. The van der Waals surface area contributed by atoms with Gasteiger partial charge in [0.25, 0.3) is 0 Å². The van der Waals surface area contributed by atoms with Crippen molar-refractivity contribution in [3.05, 3.63) is 36.7 Å². The SMILES string of the molecule is CCn1cnc2cc(NC(=O)C3CC4C=CC3C43CC3)ccc21. The Morgan fingerprint density at radius 3 is 3.00 bits per heavy atom. The summed E-state index contributed by atoms with van der Waals surface area (Å²) in [7, 11) is 0. The van der Waals surface area contributed by atoms with Gasteiger partial charge in [-0.25, -0.2) is 4.98 Å². The van der Waals surface area contributed by atoms with Gasteiger partial charge in [0.1, 0.15) is 0 Å². The fourth-order valence-electron chi connectivity index (χ4n) is 4.90. The third-order valence-corrected chi connectivity index (χ3v) is 6.29. The second kappa shape index (κ2) is 4.47. The second-order valence-corrected chi connectivity index (χ2v) is 7.32. The molecular weight excluding hydrogens is 286 g/mol. The minimum Gasteiger partial charge on any atom is -0.331 e. The molecule has 0 aliphatic heterocycles. The van der Waals surface area contributed by atoms with E-state index in [1.807, 2.05) is 24.5 Å². The maximum absolute atomic E-state index is 12.7. The van der Waals surface area contributed by atoms with Crippen LogP contribution in [0.1, 0.15) is 26.2 Å². The van der Waals surface area contributed by atoms with Crippen LogP contribution in [0.3, 0.4) is 0 Å². The minimum absolute atomic E-state index is 0.149. The first kappa shape index (κ1) is 13.3. The number of carbonyl (C=O) groups is 1. The molecule has 5 rings (SSSR count). The Kier molecular flexibility index (Phi) is 2.59. The fourth-order valence-corrected chi connectivity index (χ4v) is 4.90. The smallest absolute Gasteiger partial charge is 0.228 e. The van der Waals surface area contributed by atoms with Gasteiger partial charge in [-0.1, -0.05) is 12.2 Å². The number of benzene rings is 1. The summed E-state index contributed by atoms with van der Waals surface area (Å²) < 4.78 is 2.11. The molecule has 0 saturated heterocycles. The lowest BCUT2D eigenvalue weighted by Crippen LogP contribution is -2.27. The first-order valence-corrected chi connectivity index (χ1v) is 8.65. The lowest BCUT2D eigenvalue weighted by Gasteiger charge is -2.19. The lowest BCUT2D eigenvalue weighted by molar-refractivity contribution is -0.120. The first-order chi connectivity index (χ1) is 11.2. The van der Waals surface area contributed by atoms with Gasteiger partial charge in [0.05, 0.1) is 17.4 Å². The number of nitrogens with zero attached hydrogens (tertiary/aromatic N) is 2. The molecule has 1 heterocycles. The van der Waals surface area contributed by atoms with E-state index in [4.69, 9.17) is 0 Å². The summed E-state index contributed by atoms with van der Waals surface area (Å²) in [5.41, 5.74) is 3.38. The molecule has 2 saturated carbocycles. The molecule has 4 nitrogen and oxygen atoms in total. The van der Waals surface area contributed by atoms with Gasteiger partial charge in [0, 0.05) is 18.2 Å². The van der Waals surface area contributed by atoms with Crippen LogP contribution in [0.4, 0.5) is 5.69 Å². The van der Waals surface area contributed by atoms with Gasteiger partial charge in [-0.15, -0.1) is 0 Å². The molecule has 1 N–H and O–H groups in total. The van der Waals surface area contributed by atoms with E-state index >= 15 is 0 Å². The Bertz CT molecular complexity index is 830. The van der Waals surface area contributed by atoms with Crippen LogP contribution in [0.2, 0.25) is 0 Å². The number of allylic oxidation sites excluding steroid dienone is 2. The highest BCUT2D eigenvalue weighted by Crippen LogP contribution is 2.70. The van der Waals surface area contributed by atoms with Gasteiger partial charge in [-0.3, -0.25) is 4.79 Å². The summed E-state index contributed by atoms with van der Waals surface area (Å²) in [6.45, 7) is 3.01. The number of fused-ring (bicyclic) bond motifs is 1. The molecule has 2 fully saturated rings. The summed E-state index contributed by atoms with van der Waals surface area (Å²) in [5.74, 6) is 1.44. The third kappa shape index (κ3) is 1.78. The number of hydrogen-bond acceptors (Lipinski definition) is 2. The van der Waals surface area contributed by atoms with E-state index in [2.05, 4.69) is 33.9 Å². The van der Waals surface area contributed by atoms with Gasteiger partial charge in [-0.05, 0) is 61.6 Å². The average Bonchev–Trinajstić information content (AvgIpc) is 3.05. The normalized spacial score (nSPS) is 29.5. The predicted octanol–water partition coefficient (Wildman–Crippen LogP) is 3.60. The molecule has 3 unspecified atom stereocenters. The van der Waals surface area contributed by atoms with Crippen molar-refractivity contribution in [2.24, 2.45) is 23.2 Å². The van der Waals surface area contributed by atoms with Crippen LogP contribution in [0.25, 0.3) is 11.0 Å². The molecule has 1 aromatic carbocycles. The first-order valence-electron chi connectivity index (χ1n) is 8.65. The second-order valence-electron chi connectivity index (χ2n) is 7.32. The van der Waals surface area contributed by atoms with E-state index in [1.54, 1.807) is 0 Å². The molecule has 2 bridgehead atoms. The number of hydrogen-bond donors (Lipinski definition) is 1. The van der Waals surface area contributed by atoms with Crippen molar-refractivity contribution < 1.29 is 4.79 Å². The molecule has 2 aromatic rings. The topological polar surface area (TPSA) is 46.9 Å². The van der Waals surface area contributed by atoms with Gasteiger partial charge in [0.2, 0.25) is 5.91 Å². The monoisotopic (exact) mass is 307 g/mol. The molecular formula is C19H21N3O. The number of imidazole rings is 1. The van der Waals surface area contributed by atoms with Crippen molar-refractivity contribution in [1.29, 1.82) is 0 Å². The Hall–Kier alpha value is -2.10. The summed E-state index contributed by atoms with van der Waals surface area (Å²) >= 11 is 0. The highest BCUT2D eigenvalue weighted by molar-refractivity contribution is 5.95. The molecule has 4 heteroatoms. The van der Waals surface area contributed by atoms with Crippen molar-refractivity contribution in [3.63, 3.8) is 0 Å². The van der Waals surface area contributed by atoms with Crippen LogP contribution in [0.5, 0.6) is 0 Å². The lowest BCUT2D eigenvalue weighted by atomic mass is 9.88. The largest absolute Gasteiger partial charge is 0.331 e.